The summed E-state index contributed by atoms with van der Waals surface area (Å²) >= 11 is 0. The van der Waals surface area contributed by atoms with Crippen LogP contribution >= 0.6 is 0 Å². The average Bonchev–Trinajstić information content (AvgIpc) is 3.48. The first kappa shape index (κ1) is 32.6. The van der Waals surface area contributed by atoms with Crippen LogP contribution in [0.15, 0.2) is 60.5 Å². The maximum Gasteiger partial charge on any atom is 0.433 e. The lowest BCUT2D eigenvalue weighted by Gasteiger charge is -2.42. The van der Waals surface area contributed by atoms with Gasteiger partial charge in [0.1, 0.15) is 48.1 Å². The number of rotatable bonds is 15. The number of aliphatic hydroxyl groups excluding tert-OH is 2. The molecule has 44 heavy (non-hydrogen) atoms. The molecule has 3 aromatic rings. The summed E-state index contributed by atoms with van der Waals surface area (Å²) in [7, 11) is 0. The van der Waals surface area contributed by atoms with Crippen LogP contribution in [0, 0.1) is 0 Å². The molecule has 1 saturated heterocycles. The van der Waals surface area contributed by atoms with Gasteiger partial charge in [-0.2, -0.15) is 13.2 Å². The molecule has 2 aromatic heterocycles. The van der Waals surface area contributed by atoms with Crippen molar-refractivity contribution in [2.24, 2.45) is 5.11 Å². The molecule has 0 saturated carbocycles. The third-order valence-electron chi connectivity index (χ3n) is 6.25. The molecular formula is C26H30F3N9O6. The lowest BCUT2D eigenvalue weighted by atomic mass is 9.96. The van der Waals surface area contributed by atoms with E-state index in [9.17, 15) is 23.4 Å². The second kappa shape index (κ2) is 15.4. The van der Waals surface area contributed by atoms with Gasteiger partial charge in [0.25, 0.3) is 0 Å². The zero-order valence-corrected chi connectivity index (χ0v) is 23.2. The first-order valence-electron chi connectivity index (χ1n) is 13.3. The predicted molar refractivity (Wildman–Crippen MR) is 147 cm³/mol. The summed E-state index contributed by atoms with van der Waals surface area (Å²) in [5, 5.41) is 36.0. The van der Waals surface area contributed by atoms with Gasteiger partial charge in [0.05, 0.1) is 32.6 Å². The second-order valence-electron chi connectivity index (χ2n) is 9.35. The van der Waals surface area contributed by atoms with Crippen LogP contribution in [0.5, 0.6) is 5.75 Å². The molecule has 18 heteroatoms. The molecule has 1 aliphatic rings. The van der Waals surface area contributed by atoms with Gasteiger partial charge in [-0.3, -0.25) is 0 Å². The van der Waals surface area contributed by atoms with Gasteiger partial charge in [0.2, 0.25) is 5.95 Å². The Hall–Kier alpha value is -4.32. The van der Waals surface area contributed by atoms with Crippen LogP contribution in [0.4, 0.5) is 19.1 Å². The molecule has 0 spiro atoms. The number of aliphatic hydroxyl groups is 2. The van der Waals surface area contributed by atoms with E-state index < -0.39 is 48.5 Å². The van der Waals surface area contributed by atoms with Crippen molar-refractivity contribution in [3.05, 3.63) is 71.5 Å². The number of aromatic nitrogens is 5. The first-order valence-corrected chi connectivity index (χ1v) is 13.3. The number of anilines is 1. The van der Waals surface area contributed by atoms with Crippen LogP contribution < -0.4 is 10.1 Å². The fourth-order valence-corrected chi connectivity index (χ4v) is 4.20. The third-order valence-corrected chi connectivity index (χ3v) is 6.25. The molecule has 3 heterocycles. The van der Waals surface area contributed by atoms with Gasteiger partial charge in [0, 0.05) is 23.2 Å². The normalized spacial score (nSPS) is 21.8. The van der Waals surface area contributed by atoms with E-state index in [0.717, 1.165) is 6.20 Å². The Morgan fingerprint density at radius 2 is 2.05 bits per heavy atom. The number of benzene rings is 1. The van der Waals surface area contributed by atoms with Gasteiger partial charge in [0.15, 0.2) is 6.29 Å². The van der Waals surface area contributed by atoms with Crippen molar-refractivity contribution < 1.29 is 42.3 Å². The zero-order valence-electron chi connectivity index (χ0n) is 23.2. The molecule has 236 valence electrons. The summed E-state index contributed by atoms with van der Waals surface area (Å²) in [6, 6.07) is 6.58. The summed E-state index contributed by atoms with van der Waals surface area (Å²) in [5.74, 6) is 0.130. The molecule has 3 N–H and O–H groups in total. The van der Waals surface area contributed by atoms with E-state index in [1.807, 2.05) is 0 Å². The van der Waals surface area contributed by atoms with E-state index in [1.54, 1.807) is 30.5 Å². The average molecular weight is 622 g/mol. The molecule has 5 atom stereocenters. The SMILES string of the molecule is C=CCOC1OC(Cn2cc(-c3cccc(OCCOCCN=[N+]=[N-])c3)nn2)C(O)C(O)C1Nc1nccc(C(F)(F)F)n1. The van der Waals surface area contributed by atoms with E-state index in [4.69, 9.17) is 24.5 Å². The molecular weight excluding hydrogens is 591 g/mol. The Labute approximate surface area is 248 Å². The number of ether oxygens (including phenoxy) is 4. The van der Waals surface area contributed by atoms with Gasteiger partial charge in [-0.05, 0) is 23.7 Å². The molecule has 1 aliphatic heterocycles. The molecule has 1 fully saturated rings. The van der Waals surface area contributed by atoms with Crippen LogP contribution in [0.25, 0.3) is 21.7 Å². The van der Waals surface area contributed by atoms with E-state index >= 15 is 0 Å². The van der Waals surface area contributed by atoms with Crippen molar-refractivity contribution in [1.29, 1.82) is 0 Å². The van der Waals surface area contributed by atoms with Crippen LogP contribution in [0.1, 0.15) is 5.69 Å². The van der Waals surface area contributed by atoms with Crippen molar-refractivity contribution >= 4 is 5.95 Å². The summed E-state index contributed by atoms with van der Waals surface area (Å²) in [6.45, 7) is 4.61. The summed E-state index contributed by atoms with van der Waals surface area (Å²) in [5.41, 5.74) is 8.27. The maximum absolute atomic E-state index is 13.1. The Morgan fingerprint density at radius 3 is 2.82 bits per heavy atom. The van der Waals surface area contributed by atoms with Crippen molar-refractivity contribution in [2.75, 3.05) is 38.3 Å². The second-order valence-corrected chi connectivity index (χ2v) is 9.35. The number of nitrogens with one attached hydrogen (secondary N) is 1. The van der Waals surface area contributed by atoms with Crippen molar-refractivity contribution in [3.8, 4) is 17.0 Å². The standard InChI is InChI=1S/C26H30F3N9O6/c1-2-9-43-24-21(34-25-31-7-6-20(33-25)26(27,28)29)23(40)22(39)19(44-24)15-38-14-18(35-37-38)16-4-3-5-17(13-16)42-12-11-41-10-8-32-36-30/h2-7,13-14,19,21-24,39-40H,1,8-12,15H2,(H,31,33,34). The highest BCUT2D eigenvalue weighted by Crippen LogP contribution is 2.29. The highest BCUT2D eigenvalue weighted by Gasteiger charge is 2.46. The summed E-state index contributed by atoms with van der Waals surface area (Å²) < 4.78 is 63.3. The first-order chi connectivity index (χ1) is 21.2. The highest BCUT2D eigenvalue weighted by atomic mass is 19.4. The number of nitrogens with zero attached hydrogens (tertiary/aromatic N) is 8. The molecule has 1 aromatic carbocycles. The van der Waals surface area contributed by atoms with Crippen LogP contribution in [-0.2, 0) is 26.9 Å². The largest absolute Gasteiger partial charge is 0.491 e. The quantitative estimate of drug-likeness (QED) is 0.0742. The molecule has 5 unspecified atom stereocenters. The van der Waals surface area contributed by atoms with Crippen LogP contribution in [0.3, 0.4) is 0 Å². The molecule has 0 radical (unpaired) electrons. The Balaban J connectivity index is 1.40. The predicted octanol–water partition coefficient (Wildman–Crippen LogP) is 2.59. The minimum atomic E-state index is -4.71. The lowest BCUT2D eigenvalue weighted by molar-refractivity contribution is -0.256. The van der Waals surface area contributed by atoms with E-state index in [0.29, 0.717) is 29.7 Å². The summed E-state index contributed by atoms with van der Waals surface area (Å²) in [4.78, 5) is 9.88. The summed E-state index contributed by atoms with van der Waals surface area (Å²) in [6.07, 6.45) is -6.07. The highest BCUT2D eigenvalue weighted by molar-refractivity contribution is 5.59. The van der Waals surface area contributed by atoms with Gasteiger partial charge < -0.3 is 34.5 Å². The maximum atomic E-state index is 13.1. The van der Waals surface area contributed by atoms with Crippen LogP contribution in [-0.4, -0.2) is 98.8 Å². The number of alkyl halides is 3. The fraction of sp³-hybridized carbons (Fsp3) is 0.462. The monoisotopic (exact) mass is 621 g/mol. The Morgan fingerprint density at radius 1 is 1.20 bits per heavy atom. The minimum Gasteiger partial charge on any atom is -0.491 e. The smallest absolute Gasteiger partial charge is 0.433 e. The van der Waals surface area contributed by atoms with Crippen molar-refractivity contribution in [2.45, 2.75) is 43.4 Å². The third kappa shape index (κ3) is 8.85. The van der Waals surface area contributed by atoms with E-state index in [2.05, 4.69) is 42.2 Å². The van der Waals surface area contributed by atoms with Crippen molar-refractivity contribution in [1.82, 2.24) is 25.0 Å². The van der Waals surface area contributed by atoms with Gasteiger partial charge in [-0.1, -0.05) is 28.5 Å². The number of azide groups is 1. The van der Waals surface area contributed by atoms with Crippen LogP contribution in [0.2, 0.25) is 0 Å². The molecule has 0 bridgehead atoms. The van der Waals surface area contributed by atoms with Gasteiger partial charge in [-0.25, -0.2) is 14.6 Å². The number of halogens is 3. The Bertz CT molecular complexity index is 1420. The van der Waals surface area contributed by atoms with Gasteiger partial charge >= 0.3 is 6.18 Å². The van der Waals surface area contributed by atoms with Gasteiger partial charge in [-0.15, -0.1) is 11.7 Å². The van der Waals surface area contributed by atoms with E-state index in [-0.39, 0.29) is 32.9 Å². The number of hydrogen-bond donors (Lipinski definition) is 3. The zero-order chi connectivity index (χ0) is 31.5. The van der Waals surface area contributed by atoms with Crippen molar-refractivity contribution in [3.63, 3.8) is 0 Å². The molecule has 4 rings (SSSR count). The molecule has 15 nitrogen and oxygen atoms in total. The topological polar surface area (TPSA) is 195 Å². The van der Waals surface area contributed by atoms with E-state index in [1.165, 1.54) is 10.8 Å². The number of hydrogen-bond acceptors (Lipinski definition) is 12. The molecule has 0 aliphatic carbocycles. The minimum absolute atomic E-state index is 0.0183. The Kier molecular flexibility index (Phi) is 11.4. The fourth-order valence-electron chi connectivity index (χ4n) is 4.20. The molecule has 0 amide bonds. The lowest BCUT2D eigenvalue weighted by Crippen LogP contribution is -2.61.